The van der Waals surface area contributed by atoms with Gasteiger partial charge in [0.2, 0.25) is 11.7 Å². The minimum atomic E-state index is -1.05. The van der Waals surface area contributed by atoms with Gasteiger partial charge in [-0.05, 0) is 55.1 Å². The van der Waals surface area contributed by atoms with Gasteiger partial charge in [-0.3, -0.25) is 14.4 Å². The Hall–Kier alpha value is -3.74. The normalized spacial score (nSPS) is 11.7. The van der Waals surface area contributed by atoms with Gasteiger partial charge >= 0.3 is 5.97 Å². The van der Waals surface area contributed by atoms with Gasteiger partial charge in [-0.15, -0.1) is 0 Å². The summed E-state index contributed by atoms with van der Waals surface area (Å²) >= 11 is 0. The minimum Gasteiger partial charge on any atom is -0.450 e. The Morgan fingerprint density at radius 1 is 1.07 bits per heavy atom. The van der Waals surface area contributed by atoms with E-state index < -0.39 is 23.4 Å². The zero-order chi connectivity index (χ0) is 21.7. The van der Waals surface area contributed by atoms with Crippen molar-refractivity contribution < 1.29 is 19.1 Å². The number of hydrogen-bond acceptors (Lipinski definition) is 5. The highest BCUT2D eigenvalue weighted by molar-refractivity contribution is 6.02. The van der Waals surface area contributed by atoms with E-state index in [-0.39, 0.29) is 11.6 Å². The van der Waals surface area contributed by atoms with E-state index in [9.17, 15) is 19.2 Å². The first-order valence-corrected chi connectivity index (χ1v) is 9.66. The Morgan fingerprint density at radius 3 is 2.47 bits per heavy atom. The fraction of sp³-hybridized carbons (Fsp3) is 0.217. The van der Waals surface area contributed by atoms with Crippen molar-refractivity contribution in [1.82, 2.24) is 4.98 Å². The second-order valence-corrected chi connectivity index (χ2v) is 6.89. The van der Waals surface area contributed by atoms with Crippen LogP contribution in [0.4, 0.5) is 5.69 Å². The van der Waals surface area contributed by atoms with Gasteiger partial charge in [0.25, 0.3) is 5.56 Å². The van der Waals surface area contributed by atoms with E-state index in [4.69, 9.17) is 4.74 Å². The van der Waals surface area contributed by atoms with Gasteiger partial charge in [0.15, 0.2) is 6.10 Å². The van der Waals surface area contributed by atoms with Crippen molar-refractivity contribution in [2.75, 3.05) is 5.32 Å². The molecule has 30 heavy (non-hydrogen) atoms. The summed E-state index contributed by atoms with van der Waals surface area (Å²) in [5.41, 5.74) is 0.506. The Kier molecular flexibility index (Phi) is 6.41. The van der Waals surface area contributed by atoms with Crippen LogP contribution in [0.3, 0.4) is 0 Å². The number of carbonyl (C=O) groups is 3. The maximum absolute atomic E-state index is 12.6. The third-order valence-electron chi connectivity index (χ3n) is 4.56. The van der Waals surface area contributed by atoms with Gasteiger partial charge in [0, 0.05) is 23.1 Å². The van der Waals surface area contributed by atoms with Gasteiger partial charge in [0.05, 0.1) is 0 Å². The Labute approximate surface area is 173 Å². The van der Waals surface area contributed by atoms with Gasteiger partial charge < -0.3 is 15.0 Å². The molecule has 0 aliphatic carbocycles. The van der Waals surface area contributed by atoms with Gasteiger partial charge in [-0.1, -0.05) is 25.1 Å². The quantitative estimate of drug-likeness (QED) is 0.460. The fourth-order valence-corrected chi connectivity index (χ4v) is 3.00. The molecule has 7 heteroatoms. The smallest absolute Gasteiger partial charge is 0.355 e. The molecule has 1 amide bonds. The van der Waals surface area contributed by atoms with Crippen molar-refractivity contribution in [2.45, 2.75) is 32.8 Å². The number of hydrogen-bond donors (Lipinski definition) is 2. The molecule has 7 nitrogen and oxygen atoms in total. The average Bonchev–Trinajstić information content (AvgIpc) is 2.73. The van der Waals surface area contributed by atoms with E-state index in [1.165, 1.54) is 13.0 Å². The summed E-state index contributed by atoms with van der Waals surface area (Å²) in [6.07, 6.45) is 0.117. The number of amides is 1. The number of ether oxygens (including phenoxy) is 1. The van der Waals surface area contributed by atoms with Crippen molar-refractivity contribution in [3.8, 4) is 0 Å². The third-order valence-corrected chi connectivity index (χ3v) is 4.56. The molecule has 0 radical (unpaired) electrons. The molecule has 1 atom stereocenters. The molecule has 2 N–H and O–H groups in total. The van der Waals surface area contributed by atoms with Gasteiger partial charge in [0.1, 0.15) is 5.69 Å². The van der Waals surface area contributed by atoms with Crippen LogP contribution in [0, 0.1) is 0 Å². The number of anilines is 1. The molecule has 1 aromatic heterocycles. The zero-order valence-electron chi connectivity index (χ0n) is 16.7. The van der Waals surface area contributed by atoms with Crippen LogP contribution in [0.5, 0.6) is 0 Å². The molecule has 0 fully saturated rings. The second-order valence-electron chi connectivity index (χ2n) is 6.89. The standard InChI is InChI=1S/C23H22N2O5/c1-3-6-20(26)24-17-11-9-15(10-12-17)21(27)14(2)30-23(29)19-13-16-7-4-5-8-18(16)22(28)25-19/h4-5,7-14H,3,6H2,1-2H3,(H,24,26)(H,25,28)/t14-/m0/s1. The Morgan fingerprint density at radius 2 is 1.77 bits per heavy atom. The Bertz CT molecular complexity index is 1150. The average molecular weight is 406 g/mol. The highest BCUT2D eigenvalue weighted by atomic mass is 16.5. The van der Waals surface area contributed by atoms with Crippen molar-refractivity contribution in [1.29, 1.82) is 0 Å². The summed E-state index contributed by atoms with van der Waals surface area (Å²) in [5, 5.41) is 3.81. The van der Waals surface area contributed by atoms with Crippen LogP contribution >= 0.6 is 0 Å². The largest absolute Gasteiger partial charge is 0.450 e. The van der Waals surface area contributed by atoms with Gasteiger partial charge in [-0.25, -0.2) is 4.79 Å². The number of aromatic amines is 1. The number of fused-ring (bicyclic) bond motifs is 1. The minimum absolute atomic E-state index is 0.0210. The number of nitrogens with one attached hydrogen (secondary N) is 2. The van der Waals surface area contributed by atoms with Crippen LogP contribution in [0.1, 0.15) is 47.5 Å². The topological polar surface area (TPSA) is 105 Å². The third kappa shape index (κ3) is 4.81. The van der Waals surface area contributed by atoms with E-state index >= 15 is 0 Å². The van der Waals surface area contributed by atoms with Crippen LogP contribution in [0.2, 0.25) is 0 Å². The molecule has 0 unspecified atom stereocenters. The monoisotopic (exact) mass is 406 g/mol. The first-order chi connectivity index (χ1) is 14.4. The molecular formula is C23H22N2O5. The predicted molar refractivity (Wildman–Crippen MR) is 114 cm³/mol. The van der Waals surface area contributed by atoms with Crippen LogP contribution < -0.4 is 10.9 Å². The van der Waals surface area contributed by atoms with E-state index in [0.29, 0.717) is 28.4 Å². The molecule has 3 aromatic rings. The molecule has 0 saturated heterocycles. The van der Waals surface area contributed by atoms with Crippen molar-refractivity contribution >= 4 is 34.1 Å². The van der Waals surface area contributed by atoms with E-state index in [0.717, 1.165) is 6.42 Å². The molecule has 0 bridgehead atoms. The molecule has 1 heterocycles. The van der Waals surface area contributed by atoms with Crippen molar-refractivity contribution in [3.05, 3.63) is 76.2 Å². The van der Waals surface area contributed by atoms with Gasteiger partial charge in [-0.2, -0.15) is 0 Å². The molecular weight excluding hydrogens is 384 g/mol. The number of ketones is 1. The first-order valence-electron chi connectivity index (χ1n) is 9.66. The molecule has 0 aliphatic rings. The van der Waals surface area contributed by atoms with Crippen molar-refractivity contribution in [3.63, 3.8) is 0 Å². The summed E-state index contributed by atoms with van der Waals surface area (Å²) in [5.74, 6) is -1.27. The highest BCUT2D eigenvalue weighted by Gasteiger charge is 2.21. The molecule has 2 aromatic carbocycles. The lowest BCUT2D eigenvalue weighted by Crippen LogP contribution is -2.26. The summed E-state index contributed by atoms with van der Waals surface area (Å²) < 4.78 is 5.25. The lowest BCUT2D eigenvalue weighted by Gasteiger charge is -2.13. The Balaban J connectivity index is 1.68. The highest BCUT2D eigenvalue weighted by Crippen LogP contribution is 2.15. The maximum atomic E-state index is 12.6. The summed E-state index contributed by atoms with van der Waals surface area (Å²) in [4.78, 5) is 51.3. The number of esters is 1. The summed E-state index contributed by atoms with van der Waals surface area (Å²) in [6.45, 7) is 3.38. The predicted octanol–water partition coefficient (Wildman–Crippen LogP) is 3.69. The summed E-state index contributed by atoms with van der Waals surface area (Å²) in [6, 6.07) is 14.8. The summed E-state index contributed by atoms with van der Waals surface area (Å²) in [7, 11) is 0. The molecule has 3 rings (SSSR count). The van der Waals surface area contributed by atoms with E-state index in [2.05, 4.69) is 10.3 Å². The zero-order valence-corrected chi connectivity index (χ0v) is 16.7. The number of H-pyrrole nitrogens is 1. The molecule has 0 saturated carbocycles. The number of carbonyl (C=O) groups excluding carboxylic acids is 3. The SMILES string of the molecule is CCCC(=O)Nc1ccc(C(=O)[C@H](C)OC(=O)c2cc3ccccc3c(=O)[nH]2)cc1. The number of rotatable bonds is 7. The lowest BCUT2D eigenvalue weighted by molar-refractivity contribution is -0.116. The molecule has 0 spiro atoms. The van der Waals surface area contributed by atoms with Crippen LogP contribution in [0.15, 0.2) is 59.4 Å². The number of pyridine rings is 1. The molecule has 154 valence electrons. The number of Topliss-reactive ketones (excluding diaryl/α,β-unsaturated/α-hetero) is 1. The number of aromatic nitrogens is 1. The van der Waals surface area contributed by atoms with Crippen LogP contribution in [0.25, 0.3) is 10.8 Å². The van der Waals surface area contributed by atoms with Crippen LogP contribution in [-0.2, 0) is 9.53 Å². The van der Waals surface area contributed by atoms with Crippen molar-refractivity contribution in [2.24, 2.45) is 0 Å². The number of benzene rings is 2. The fourth-order valence-electron chi connectivity index (χ4n) is 3.00. The first kappa shape index (κ1) is 21.0. The van der Waals surface area contributed by atoms with E-state index in [1.807, 2.05) is 6.92 Å². The molecule has 0 aliphatic heterocycles. The maximum Gasteiger partial charge on any atom is 0.355 e. The lowest BCUT2D eigenvalue weighted by atomic mass is 10.1. The second kappa shape index (κ2) is 9.17. The van der Waals surface area contributed by atoms with Crippen LogP contribution in [-0.4, -0.2) is 28.7 Å². The van der Waals surface area contributed by atoms with E-state index in [1.54, 1.807) is 48.5 Å².